The Balaban J connectivity index is 2.50. The van der Waals surface area contributed by atoms with Crippen LogP contribution in [0.4, 0.5) is 13.2 Å². The molecule has 0 fully saturated rings. The fourth-order valence-electron chi connectivity index (χ4n) is 2.17. The lowest BCUT2D eigenvalue weighted by Crippen LogP contribution is -2.38. The Morgan fingerprint density at radius 3 is 2.38 bits per heavy atom. The second-order valence-electron chi connectivity index (χ2n) is 4.93. The topological polar surface area (TPSA) is 35.5 Å². The van der Waals surface area contributed by atoms with Crippen molar-refractivity contribution in [3.63, 3.8) is 0 Å². The molecule has 0 aromatic heterocycles. The Hall–Kier alpha value is -1.11. The molecular weight excluding hydrogens is 281 g/mol. The molecular formula is C15H23F3N2O. The summed E-state index contributed by atoms with van der Waals surface area (Å²) in [6.45, 7) is 6.55. The molecule has 1 unspecified atom stereocenters. The quantitative estimate of drug-likeness (QED) is 0.774. The van der Waals surface area contributed by atoms with Gasteiger partial charge in [-0.3, -0.25) is 0 Å². The van der Waals surface area contributed by atoms with Crippen molar-refractivity contribution in [1.82, 2.24) is 10.2 Å². The summed E-state index contributed by atoms with van der Waals surface area (Å²) >= 11 is 0. The third-order valence-electron chi connectivity index (χ3n) is 3.38. The zero-order chi connectivity index (χ0) is 15.9. The zero-order valence-electron chi connectivity index (χ0n) is 12.5. The lowest BCUT2D eigenvalue weighted by molar-refractivity contribution is -0.138. The maximum absolute atomic E-state index is 12.8. The van der Waals surface area contributed by atoms with Gasteiger partial charge in [-0.25, -0.2) is 0 Å². The predicted molar refractivity (Wildman–Crippen MR) is 76.9 cm³/mol. The highest BCUT2D eigenvalue weighted by molar-refractivity contribution is 5.29. The van der Waals surface area contributed by atoms with Crippen LogP contribution in [0.3, 0.4) is 0 Å². The Morgan fingerprint density at radius 1 is 1.19 bits per heavy atom. The summed E-state index contributed by atoms with van der Waals surface area (Å²) in [7, 11) is 0. The lowest BCUT2D eigenvalue weighted by Gasteiger charge is -2.22. The number of rotatable bonds is 8. The van der Waals surface area contributed by atoms with Crippen LogP contribution in [0.25, 0.3) is 0 Å². The predicted octanol–water partition coefficient (Wildman–Crippen LogP) is 2.50. The van der Waals surface area contributed by atoms with Gasteiger partial charge in [0.1, 0.15) is 0 Å². The summed E-state index contributed by atoms with van der Waals surface area (Å²) in [5.41, 5.74) is -0.434. The second kappa shape index (κ2) is 8.36. The number of nitrogens with one attached hydrogen (secondary N) is 1. The molecule has 0 heterocycles. The first-order valence-electron chi connectivity index (χ1n) is 7.14. The van der Waals surface area contributed by atoms with E-state index in [1.807, 2.05) is 13.8 Å². The minimum atomic E-state index is -4.35. The van der Waals surface area contributed by atoms with E-state index < -0.39 is 17.8 Å². The standard InChI is InChI=1S/C15H23F3N2O/c1-3-20(4-2)11-13(21)10-19-9-12-7-5-6-8-14(12)15(16,17)18/h5-8,13,19,21H,3-4,9-11H2,1-2H3. The average molecular weight is 304 g/mol. The van der Waals surface area contributed by atoms with Gasteiger partial charge in [-0.05, 0) is 24.7 Å². The molecule has 0 radical (unpaired) electrons. The number of halogens is 3. The van der Waals surface area contributed by atoms with Gasteiger partial charge in [-0.2, -0.15) is 13.2 Å². The van der Waals surface area contributed by atoms with E-state index in [0.717, 1.165) is 19.2 Å². The number of hydrogen-bond acceptors (Lipinski definition) is 3. The molecule has 0 saturated heterocycles. The highest BCUT2D eigenvalue weighted by atomic mass is 19.4. The number of aliphatic hydroxyl groups is 1. The Labute approximate surface area is 123 Å². The maximum atomic E-state index is 12.8. The normalized spacial score (nSPS) is 13.7. The third-order valence-corrected chi connectivity index (χ3v) is 3.38. The van der Waals surface area contributed by atoms with Gasteiger partial charge in [0.05, 0.1) is 11.7 Å². The van der Waals surface area contributed by atoms with Crippen molar-refractivity contribution >= 4 is 0 Å². The number of likely N-dealkylation sites (N-methyl/N-ethyl adjacent to an activating group) is 1. The molecule has 1 aromatic rings. The molecule has 120 valence electrons. The van der Waals surface area contributed by atoms with Gasteiger partial charge in [-0.1, -0.05) is 32.0 Å². The van der Waals surface area contributed by atoms with Gasteiger partial charge in [0.15, 0.2) is 0 Å². The van der Waals surface area contributed by atoms with Crippen LogP contribution < -0.4 is 5.32 Å². The van der Waals surface area contributed by atoms with Gasteiger partial charge in [0.25, 0.3) is 0 Å². The Bertz CT molecular complexity index is 420. The first kappa shape index (κ1) is 17.9. The molecule has 2 N–H and O–H groups in total. The van der Waals surface area contributed by atoms with Crippen LogP contribution >= 0.6 is 0 Å². The van der Waals surface area contributed by atoms with Crippen molar-refractivity contribution in [3.8, 4) is 0 Å². The van der Waals surface area contributed by atoms with Gasteiger partial charge >= 0.3 is 6.18 Å². The summed E-state index contributed by atoms with van der Waals surface area (Å²) < 4.78 is 38.4. The molecule has 3 nitrogen and oxygen atoms in total. The molecule has 0 bridgehead atoms. The highest BCUT2D eigenvalue weighted by Crippen LogP contribution is 2.31. The van der Waals surface area contributed by atoms with Crippen molar-refractivity contribution in [2.24, 2.45) is 0 Å². The largest absolute Gasteiger partial charge is 0.416 e. The lowest BCUT2D eigenvalue weighted by atomic mass is 10.1. The minimum Gasteiger partial charge on any atom is -0.390 e. The van der Waals surface area contributed by atoms with E-state index in [4.69, 9.17) is 0 Å². The zero-order valence-corrected chi connectivity index (χ0v) is 12.5. The smallest absolute Gasteiger partial charge is 0.390 e. The van der Waals surface area contributed by atoms with E-state index >= 15 is 0 Å². The van der Waals surface area contributed by atoms with Crippen molar-refractivity contribution < 1.29 is 18.3 Å². The van der Waals surface area contributed by atoms with E-state index in [0.29, 0.717) is 6.54 Å². The second-order valence-corrected chi connectivity index (χ2v) is 4.93. The van der Waals surface area contributed by atoms with Gasteiger partial charge in [-0.15, -0.1) is 0 Å². The van der Waals surface area contributed by atoms with Crippen LogP contribution in [0.15, 0.2) is 24.3 Å². The van der Waals surface area contributed by atoms with Gasteiger partial charge in [0, 0.05) is 19.6 Å². The fraction of sp³-hybridized carbons (Fsp3) is 0.600. The first-order chi connectivity index (χ1) is 9.88. The van der Waals surface area contributed by atoms with E-state index in [-0.39, 0.29) is 18.7 Å². The highest BCUT2D eigenvalue weighted by Gasteiger charge is 2.32. The SMILES string of the molecule is CCN(CC)CC(O)CNCc1ccccc1C(F)(F)F. The van der Waals surface area contributed by atoms with Crippen molar-refractivity contribution in [1.29, 1.82) is 0 Å². The van der Waals surface area contributed by atoms with Crippen LogP contribution in [0.2, 0.25) is 0 Å². The Kier molecular flexibility index (Phi) is 7.14. The summed E-state index contributed by atoms with van der Waals surface area (Å²) in [6.07, 6.45) is -4.94. The van der Waals surface area contributed by atoms with E-state index in [9.17, 15) is 18.3 Å². The third kappa shape index (κ3) is 6.03. The van der Waals surface area contributed by atoms with Crippen LogP contribution in [-0.4, -0.2) is 42.3 Å². The summed E-state index contributed by atoms with van der Waals surface area (Å²) in [4.78, 5) is 2.07. The molecule has 1 atom stereocenters. The van der Waals surface area contributed by atoms with Crippen molar-refractivity contribution in [2.45, 2.75) is 32.7 Å². The fourth-order valence-corrected chi connectivity index (χ4v) is 2.17. The first-order valence-corrected chi connectivity index (χ1v) is 7.14. The molecule has 21 heavy (non-hydrogen) atoms. The summed E-state index contributed by atoms with van der Waals surface area (Å²) in [5.74, 6) is 0. The van der Waals surface area contributed by atoms with Crippen LogP contribution in [0, 0.1) is 0 Å². The van der Waals surface area contributed by atoms with E-state index in [1.54, 1.807) is 6.07 Å². The van der Waals surface area contributed by atoms with Gasteiger partial charge in [0.2, 0.25) is 0 Å². The van der Waals surface area contributed by atoms with Crippen molar-refractivity contribution in [2.75, 3.05) is 26.2 Å². The number of nitrogens with zero attached hydrogens (tertiary/aromatic N) is 1. The molecule has 0 aliphatic carbocycles. The average Bonchev–Trinajstić information content (AvgIpc) is 2.44. The monoisotopic (exact) mass is 304 g/mol. The molecule has 0 spiro atoms. The number of hydrogen-bond donors (Lipinski definition) is 2. The number of aliphatic hydroxyl groups excluding tert-OH is 1. The summed E-state index contributed by atoms with van der Waals surface area (Å²) in [5, 5.41) is 12.8. The molecule has 0 aliphatic heterocycles. The number of alkyl halides is 3. The van der Waals surface area contributed by atoms with Crippen molar-refractivity contribution in [3.05, 3.63) is 35.4 Å². The van der Waals surface area contributed by atoms with Gasteiger partial charge < -0.3 is 15.3 Å². The molecule has 1 rings (SSSR count). The van der Waals surface area contributed by atoms with E-state index in [2.05, 4.69) is 10.2 Å². The maximum Gasteiger partial charge on any atom is 0.416 e. The van der Waals surface area contributed by atoms with E-state index in [1.165, 1.54) is 12.1 Å². The van der Waals surface area contributed by atoms with Crippen LogP contribution in [0.5, 0.6) is 0 Å². The van der Waals surface area contributed by atoms with Crippen LogP contribution in [-0.2, 0) is 12.7 Å². The molecule has 0 saturated carbocycles. The molecule has 0 aliphatic rings. The van der Waals surface area contributed by atoms with Crippen LogP contribution in [0.1, 0.15) is 25.0 Å². The molecule has 1 aromatic carbocycles. The molecule has 6 heteroatoms. The Morgan fingerprint density at radius 2 is 1.81 bits per heavy atom. The molecule has 0 amide bonds. The minimum absolute atomic E-state index is 0.0883. The number of benzene rings is 1. The summed E-state index contributed by atoms with van der Waals surface area (Å²) in [6, 6.07) is 5.48.